The first kappa shape index (κ1) is 27.6. The Bertz CT molecular complexity index is 1290. The van der Waals surface area contributed by atoms with Crippen LogP contribution in [0.15, 0.2) is 60.7 Å². The zero-order valence-corrected chi connectivity index (χ0v) is 25.0. The number of aromatic nitrogens is 2. The molecule has 3 aliphatic rings. The molecule has 0 amide bonds. The Kier molecular flexibility index (Phi) is 8.70. The number of hydrogen-bond acceptors (Lipinski definition) is 7. The van der Waals surface area contributed by atoms with Crippen molar-refractivity contribution in [3.63, 3.8) is 0 Å². The van der Waals surface area contributed by atoms with Gasteiger partial charge in [0.15, 0.2) is 5.11 Å². The molecule has 216 valence electrons. The second kappa shape index (κ2) is 12.9. The van der Waals surface area contributed by atoms with E-state index in [-0.39, 0.29) is 0 Å². The SMILES string of the molecule is C[C@H]1CCCN(c2cc(N3CCN(c4ccccc4)CC3)nc(NC(=S)NCc3ccc(N4CCCC4)cc3)n2)C1. The highest BCUT2D eigenvalue weighted by Gasteiger charge is 2.23. The molecule has 3 fully saturated rings. The van der Waals surface area contributed by atoms with Crippen molar-refractivity contribution < 1.29 is 0 Å². The average molecular weight is 571 g/mol. The molecule has 0 bridgehead atoms. The molecule has 41 heavy (non-hydrogen) atoms. The number of hydrogen-bond donors (Lipinski definition) is 2. The fourth-order valence-electron chi connectivity index (χ4n) is 6.16. The molecule has 0 spiro atoms. The lowest BCUT2D eigenvalue weighted by atomic mass is 10.0. The van der Waals surface area contributed by atoms with E-state index < -0.39 is 0 Å². The molecule has 4 heterocycles. The number of rotatable bonds is 7. The standard InChI is InChI=1S/C32H42N8S/c1-25-8-7-17-40(24-25)30-22-29(39-20-18-38(19-21-39)27-9-3-2-4-10-27)34-31(35-30)36-32(41)33-23-26-11-13-28(14-12-26)37-15-5-6-16-37/h2-4,9-14,22,25H,5-8,15-21,23-24H2,1H3,(H2,33,34,35,36,41)/t25-/m0/s1. The molecule has 8 nitrogen and oxygen atoms in total. The lowest BCUT2D eigenvalue weighted by molar-refractivity contribution is 0.444. The third-order valence-corrected chi connectivity index (χ3v) is 8.74. The summed E-state index contributed by atoms with van der Waals surface area (Å²) in [7, 11) is 0. The zero-order chi connectivity index (χ0) is 28.0. The van der Waals surface area contributed by atoms with E-state index in [0.29, 0.717) is 23.5 Å². The third kappa shape index (κ3) is 7.01. The van der Waals surface area contributed by atoms with Gasteiger partial charge in [-0.2, -0.15) is 9.97 Å². The number of anilines is 5. The predicted molar refractivity (Wildman–Crippen MR) is 174 cm³/mol. The van der Waals surface area contributed by atoms with Crippen molar-refractivity contribution in [3.8, 4) is 0 Å². The number of benzene rings is 2. The Hall–Kier alpha value is -3.59. The van der Waals surface area contributed by atoms with Gasteiger partial charge in [0.25, 0.3) is 0 Å². The van der Waals surface area contributed by atoms with Crippen LogP contribution in [0.2, 0.25) is 0 Å². The monoisotopic (exact) mass is 570 g/mol. The molecule has 2 aromatic carbocycles. The molecule has 6 rings (SSSR count). The van der Waals surface area contributed by atoms with Crippen molar-refractivity contribution in [2.75, 3.05) is 77.3 Å². The van der Waals surface area contributed by atoms with Crippen molar-refractivity contribution >= 4 is 46.3 Å². The van der Waals surface area contributed by atoms with Crippen molar-refractivity contribution in [3.05, 3.63) is 66.2 Å². The summed E-state index contributed by atoms with van der Waals surface area (Å²) in [5.74, 6) is 3.16. The summed E-state index contributed by atoms with van der Waals surface area (Å²) in [4.78, 5) is 19.6. The minimum atomic E-state index is 0.539. The lowest BCUT2D eigenvalue weighted by Crippen LogP contribution is -2.47. The summed E-state index contributed by atoms with van der Waals surface area (Å²) in [6.45, 7) is 11.1. The van der Waals surface area contributed by atoms with E-state index in [1.807, 2.05) is 0 Å². The Morgan fingerprint density at radius 3 is 2.07 bits per heavy atom. The summed E-state index contributed by atoms with van der Waals surface area (Å²) in [5, 5.41) is 7.20. The molecule has 0 radical (unpaired) electrons. The van der Waals surface area contributed by atoms with Gasteiger partial charge in [-0.3, -0.25) is 0 Å². The van der Waals surface area contributed by atoms with E-state index in [9.17, 15) is 0 Å². The highest BCUT2D eigenvalue weighted by molar-refractivity contribution is 7.80. The molecule has 9 heteroatoms. The second-order valence-corrected chi connectivity index (χ2v) is 12.0. The number of nitrogens with one attached hydrogen (secondary N) is 2. The first-order valence-corrected chi connectivity index (χ1v) is 15.6. The Balaban J connectivity index is 1.12. The van der Waals surface area contributed by atoms with Crippen LogP contribution < -0.4 is 30.2 Å². The maximum Gasteiger partial charge on any atom is 0.232 e. The van der Waals surface area contributed by atoms with Gasteiger partial charge in [0, 0.05) is 76.3 Å². The minimum absolute atomic E-state index is 0.539. The van der Waals surface area contributed by atoms with E-state index in [1.165, 1.54) is 42.6 Å². The van der Waals surface area contributed by atoms with E-state index >= 15 is 0 Å². The fraction of sp³-hybridized carbons (Fsp3) is 0.469. The fourth-order valence-corrected chi connectivity index (χ4v) is 6.32. The number of nitrogens with zero attached hydrogens (tertiary/aromatic N) is 6. The second-order valence-electron chi connectivity index (χ2n) is 11.6. The summed E-state index contributed by atoms with van der Waals surface area (Å²) in [5.41, 5.74) is 3.79. The van der Waals surface area contributed by atoms with Gasteiger partial charge in [-0.25, -0.2) is 0 Å². The maximum atomic E-state index is 5.69. The van der Waals surface area contributed by atoms with Gasteiger partial charge in [-0.05, 0) is 73.6 Å². The number of thiocarbonyl (C=S) groups is 1. The largest absolute Gasteiger partial charge is 0.372 e. The van der Waals surface area contributed by atoms with E-state index in [0.717, 1.165) is 64.0 Å². The number of piperidine rings is 1. The number of para-hydroxylation sites is 1. The van der Waals surface area contributed by atoms with Crippen LogP contribution in [0.1, 0.15) is 38.2 Å². The minimum Gasteiger partial charge on any atom is -0.372 e. The smallest absolute Gasteiger partial charge is 0.232 e. The van der Waals surface area contributed by atoms with Crippen molar-refractivity contribution in [2.45, 2.75) is 39.2 Å². The van der Waals surface area contributed by atoms with Crippen LogP contribution in [0, 0.1) is 5.92 Å². The summed E-state index contributed by atoms with van der Waals surface area (Å²) in [6, 6.07) is 21.6. The zero-order valence-electron chi connectivity index (χ0n) is 24.1. The maximum absolute atomic E-state index is 5.69. The van der Waals surface area contributed by atoms with Crippen LogP contribution in [0.25, 0.3) is 0 Å². The number of piperazine rings is 1. The van der Waals surface area contributed by atoms with Gasteiger partial charge >= 0.3 is 0 Å². The Labute approximate surface area is 249 Å². The van der Waals surface area contributed by atoms with Crippen molar-refractivity contribution in [1.29, 1.82) is 0 Å². The molecular weight excluding hydrogens is 528 g/mol. The van der Waals surface area contributed by atoms with Gasteiger partial charge in [0.05, 0.1) is 0 Å². The molecule has 0 saturated carbocycles. The van der Waals surface area contributed by atoms with E-state index in [1.54, 1.807) is 0 Å². The van der Waals surface area contributed by atoms with Gasteiger partial charge in [-0.15, -0.1) is 0 Å². The van der Waals surface area contributed by atoms with Gasteiger partial charge in [-0.1, -0.05) is 37.3 Å². The first-order chi connectivity index (χ1) is 20.1. The molecule has 3 saturated heterocycles. The molecule has 0 unspecified atom stereocenters. The van der Waals surface area contributed by atoms with Crippen LogP contribution in [0.4, 0.5) is 29.0 Å². The highest BCUT2D eigenvalue weighted by atomic mass is 32.1. The molecule has 3 aromatic rings. The van der Waals surface area contributed by atoms with E-state index in [2.05, 4.69) is 97.8 Å². The van der Waals surface area contributed by atoms with Crippen LogP contribution in [0.5, 0.6) is 0 Å². The van der Waals surface area contributed by atoms with E-state index in [4.69, 9.17) is 22.2 Å². The molecule has 1 aromatic heterocycles. The van der Waals surface area contributed by atoms with Gasteiger partial charge in [0.1, 0.15) is 11.6 Å². The predicted octanol–water partition coefficient (Wildman–Crippen LogP) is 5.13. The highest BCUT2D eigenvalue weighted by Crippen LogP contribution is 2.27. The van der Waals surface area contributed by atoms with Crippen LogP contribution in [-0.4, -0.2) is 67.4 Å². The molecule has 0 aliphatic carbocycles. The molecule has 1 atom stereocenters. The Morgan fingerprint density at radius 1 is 0.756 bits per heavy atom. The van der Waals surface area contributed by atoms with Crippen LogP contribution in [-0.2, 0) is 6.54 Å². The summed E-state index contributed by atoms with van der Waals surface area (Å²) < 4.78 is 0. The van der Waals surface area contributed by atoms with Gasteiger partial charge in [0.2, 0.25) is 5.95 Å². The Morgan fingerprint density at radius 2 is 1.37 bits per heavy atom. The van der Waals surface area contributed by atoms with Crippen LogP contribution in [0.3, 0.4) is 0 Å². The third-order valence-electron chi connectivity index (χ3n) is 8.49. The summed E-state index contributed by atoms with van der Waals surface area (Å²) in [6.07, 6.45) is 5.04. The normalized spacial score (nSPS) is 19.4. The molecule has 2 N–H and O–H groups in total. The first-order valence-electron chi connectivity index (χ1n) is 15.2. The topological polar surface area (TPSA) is 62.8 Å². The summed E-state index contributed by atoms with van der Waals surface area (Å²) >= 11 is 5.69. The molecule has 3 aliphatic heterocycles. The average Bonchev–Trinajstić information content (AvgIpc) is 3.56. The van der Waals surface area contributed by atoms with Gasteiger partial charge < -0.3 is 30.2 Å². The van der Waals surface area contributed by atoms with Crippen LogP contribution >= 0.6 is 12.2 Å². The lowest BCUT2D eigenvalue weighted by Gasteiger charge is -2.37. The molecular formula is C32H42N8S. The van der Waals surface area contributed by atoms with Crippen molar-refractivity contribution in [1.82, 2.24) is 15.3 Å². The quantitative estimate of drug-likeness (QED) is 0.377. The van der Waals surface area contributed by atoms with Crippen molar-refractivity contribution in [2.24, 2.45) is 5.92 Å².